The van der Waals surface area contributed by atoms with E-state index in [4.69, 9.17) is 0 Å². The maximum Gasteiger partial charge on any atom is 0.0957 e. The molecule has 0 aliphatic carbocycles. The molecule has 0 atom stereocenters. The van der Waals surface area contributed by atoms with Crippen LogP contribution in [0.15, 0.2) is 23.4 Å². The Morgan fingerprint density at radius 3 is 2.69 bits per heavy atom. The Balaban J connectivity index is 2.49. The Kier molecular flexibility index (Phi) is 4.25. The van der Waals surface area contributed by atoms with Crippen LogP contribution >= 0.6 is 11.8 Å². The smallest absolute Gasteiger partial charge is 0.0957 e. The highest BCUT2D eigenvalue weighted by Crippen LogP contribution is 2.10. The summed E-state index contributed by atoms with van der Waals surface area (Å²) in [6.07, 6.45) is 3.97. The second-order valence-electron chi connectivity index (χ2n) is 3.24. The van der Waals surface area contributed by atoms with Gasteiger partial charge in [0.1, 0.15) is 0 Å². The molecule has 1 aromatic rings. The van der Waals surface area contributed by atoms with E-state index < -0.39 is 0 Å². The van der Waals surface area contributed by atoms with Crippen molar-refractivity contribution in [1.82, 2.24) is 10.3 Å². The SMILES string of the molecule is CSc1ccc(CNC(C)C)cn1. The van der Waals surface area contributed by atoms with Gasteiger partial charge in [-0.1, -0.05) is 19.9 Å². The summed E-state index contributed by atoms with van der Waals surface area (Å²) in [6.45, 7) is 5.19. The Labute approximate surface area is 84.1 Å². The Bertz CT molecular complexity index is 244. The molecule has 0 amide bonds. The van der Waals surface area contributed by atoms with Crippen LogP contribution in [-0.2, 0) is 6.54 Å². The largest absolute Gasteiger partial charge is 0.310 e. The fraction of sp³-hybridized carbons (Fsp3) is 0.500. The average Bonchev–Trinajstić information content (AvgIpc) is 2.15. The van der Waals surface area contributed by atoms with Crippen molar-refractivity contribution in [2.45, 2.75) is 31.5 Å². The van der Waals surface area contributed by atoms with Crippen molar-refractivity contribution in [1.29, 1.82) is 0 Å². The molecule has 0 radical (unpaired) electrons. The molecule has 1 aromatic heterocycles. The quantitative estimate of drug-likeness (QED) is 0.748. The molecule has 0 saturated heterocycles. The first-order valence-electron chi connectivity index (χ1n) is 4.44. The fourth-order valence-corrected chi connectivity index (χ4v) is 1.32. The molecule has 0 aliphatic heterocycles. The van der Waals surface area contributed by atoms with E-state index >= 15 is 0 Å². The van der Waals surface area contributed by atoms with Crippen molar-refractivity contribution < 1.29 is 0 Å². The zero-order chi connectivity index (χ0) is 9.68. The van der Waals surface area contributed by atoms with E-state index in [1.165, 1.54) is 5.56 Å². The lowest BCUT2D eigenvalue weighted by molar-refractivity contribution is 0.587. The number of hydrogen-bond acceptors (Lipinski definition) is 3. The second kappa shape index (κ2) is 5.25. The number of pyridine rings is 1. The van der Waals surface area contributed by atoms with Gasteiger partial charge in [-0.3, -0.25) is 0 Å². The van der Waals surface area contributed by atoms with E-state index in [2.05, 4.69) is 36.3 Å². The molecule has 0 aromatic carbocycles. The van der Waals surface area contributed by atoms with Crippen molar-refractivity contribution in [2.75, 3.05) is 6.26 Å². The van der Waals surface area contributed by atoms with Crippen LogP contribution in [0.4, 0.5) is 0 Å². The molecule has 0 saturated carbocycles. The lowest BCUT2D eigenvalue weighted by Crippen LogP contribution is -2.21. The fourth-order valence-electron chi connectivity index (χ4n) is 0.958. The molecule has 2 nitrogen and oxygen atoms in total. The van der Waals surface area contributed by atoms with E-state index in [0.29, 0.717) is 6.04 Å². The van der Waals surface area contributed by atoms with Gasteiger partial charge in [0.15, 0.2) is 0 Å². The van der Waals surface area contributed by atoms with Gasteiger partial charge >= 0.3 is 0 Å². The third-order valence-electron chi connectivity index (χ3n) is 1.72. The maximum atomic E-state index is 4.30. The Morgan fingerprint density at radius 1 is 1.46 bits per heavy atom. The van der Waals surface area contributed by atoms with Gasteiger partial charge in [0.05, 0.1) is 5.03 Å². The van der Waals surface area contributed by atoms with Crippen LogP contribution in [0.2, 0.25) is 0 Å². The van der Waals surface area contributed by atoms with E-state index in [1.807, 2.05) is 12.5 Å². The second-order valence-corrected chi connectivity index (χ2v) is 4.07. The van der Waals surface area contributed by atoms with Crippen LogP contribution in [0, 0.1) is 0 Å². The highest BCUT2D eigenvalue weighted by molar-refractivity contribution is 7.98. The normalized spacial score (nSPS) is 10.8. The predicted molar refractivity (Wildman–Crippen MR) is 58.0 cm³/mol. The van der Waals surface area contributed by atoms with Gasteiger partial charge in [-0.05, 0) is 17.9 Å². The Hall–Kier alpha value is -0.540. The van der Waals surface area contributed by atoms with Crippen LogP contribution in [0.1, 0.15) is 19.4 Å². The van der Waals surface area contributed by atoms with E-state index in [9.17, 15) is 0 Å². The van der Waals surface area contributed by atoms with Crippen molar-refractivity contribution in [3.8, 4) is 0 Å². The van der Waals surface area contributed by atoms with Crippen LogP contribution in [0.25, 0.3) is 0 Å². The van der Waals surface area contributed by atoms with Crippen LogP contribution < -0.4 is 5.32 Å². The van der Waals surface area contributed by atoms with E-state index in [1.54, 1.807) is 11.8 Å². The molecule has 1 heterocycles. The molecule has 0 spiro atoms. The topological polar surface area (TPSA) is 24.9 Å². The van der Waals surface area contributed by atoms with Gasteiger partial charge in [0.25, 0.3) is 0 Å². The molecule has 0 unspecified atom stereocenters. The van der Waals surface area contributed by atoms with Crippen LogP contribution in [0.3, 0.4) is 0 Å². The minimum Gasteiger partial charge on any atom is -0.310 e. The lowest BCUT2D eigenvalue weighted by atomic mass is 10.2. The summed E-state index contributed by atoms with van der Waals surface area (Å²) in [5, 5.41) is 4.43. The van der Waals surface area contributed by atoms with Crippen molar-refractivity contribution in [2.24, 2.45) is 0 Å². The van der Waals surface area contributed by atoms with Gasteiger partial charge in [-0.15, -0.1) is 11.8 Å². The highest BCUT2D eigenvalue weighted by atomic mass is 32.2. The highest BCUT2D eigenvalue weighted by Gasteiger charge is 1.96. The third kappa shape index (κ3) is 3.79. The van der Waals surface area contributed by atoms with Crippen molar-refractivity contribution >= 4 is 11.8 Å². The number of aromatic nitrogens is 1. The number of nitrogens with zero attached hydrogens (tertiary/aromatic N) is 1. The van der Waals surface area contributed by atoms with Gasteiger partial charge in [-0.25, -0.2) is 4.98 Å². The minimum atomic E-state index is 0.528. The summed E-state index contributed by atoms with van der Waals surface area (Å²) in [6, 6.07) is 4.70. The number of rotatable bonds is 4. The monoisotopic (exact) mass is 196 g/mol. The Morgan fingerprint density at radius 2 is 2.23 bits per heavy atom. The summed E-state index contributed by atoms with van der Waals surface area (Å²) in [5.41, 5.74) is 1.24. The lowest BCUT2D eigenvalue weighted by Gasteiger charge is -2.07. The zero-order valence-electron chi connectivity index (χ0n) is 8.37. The molecule has 1 N–H and O–H groups in total. The number of nitrogens with one attached hydrogen (secondary N) is 1. The number of hydrogen-bond donors (Lipinski definition) is 1. The maximum absolute atomic E-state index is 4.30. The molecule has 0 aliphatic rings. The molecule has 0 bridgehead atoms. The predicted octanol–water partition coefficient (Wildman–Crippen LogP) is 2.30. The molecular formula is C10H16N2S. The van der Waals surface area contributed by atoms with Crippen molar-refractivity contribution in [3.05, 3.63) is 23.9 Å². The summed E-state index contributed by atoms with van der Waals surface area (Å²) in [4.78, 5) is 4.30. The minimum absolute atomic E-state index is 0.528. The summed E-state index contributed by atoms with van der Waals surface area (Å²) >= 11 is 1.67. The van der Waals surface area contributed by atoms with E-state index in [-0.39, 0.29) is 0 Å². The summed E-state index contributed by atoms with van der Waals surface area (Å²) < 4.78 is 0. The molecule has 3 heteroatoms. The van der Waals surface area contributed by atoms with Crippen LogP contribution in [-0.4, -0.2) is 17.3 Å². The molecule has 1 rings (SSSR count). The first kappa shape index (κ1) is 10.5. The average molecular weight is 196 g/mol. The molecule has 0 fully saturated rings. The van der Waals surface area contributed by atoms with Gasteiger partial charge in [-0.2, -0.15) is 0 Å². The number of thioether (sulfide) groups is 1. The third-order valence-corrected chi connectivity index (χ3v) is 2.38. The van der Waals surface area contributed by atoms with Gasteiger partial charge in [0.2, 0.25) is 0 Å². The van der Waals surface area contributed by atoms with E-state index in [0.717, 1.165) is 11.6 Å². The molecule has 72 valence electrons. The first-order valence-corrected chi connectivity index (χ1v) is 5.67. The zero-order valence-corrected chi connectivity index (χ0v) is 9.19. The van der Waals surface area contributed by atoms with Crippen LogP contribution in [0.5, 0.6) is 0 Å². The summed E-state index contributed by atoms with van der Waals surface area (Å²) in [5.74, 6) is 0. The van der Waals surface area contributed by atoms with Gasteiger partial charge in [0, 0.05) is 18.8 Å². The first-order chi connectivity index (χ1) is 6.22. The van der Waals surface area contributed by atoms with Gasteiger partial charge < -0.3 is 5.32 Å². The summed E-state index contributed by atoms with van der Waals surface area (Å²) in [7, 11) is 0. The standard InChI is InChI=1S/C10H16N2S/c1-8(2)11-6-9-4-5-10(13-3)12-7-9/h4-5,7-8,11H,6H2,1-3H3. The molecular weight excluding hydrogens is 180 g/mol. The molecule has 13 heavy (non-hydrogen) atoms. The van der Waals surface area contributed by atoms with Crippen molar-refractivity contribution in [3.63, 3.8) is 0 Å².